The molecule has 6 nitrogen and oxygen atoms in total. The molecule has 0 aliphatic carbocycles. The zero-order valence-corrected chi connectivity index (χ0v) is 5.84. The number of carboxylic acid groups (broad SMARTS) is 1. The minimum Gasteiger partial charge on any atom is -0.465 e. The van der Waals surface area contributed by atoms with Crippen LogP contribution in [0.3, 0.4) is 0 Å². The Bertz CT molecular complexity index is 117. The van der Waals surface area contributed by atoms with Crippen LogP contribution >= 0.6 is 6.72 Å². The van der Waals surface area contributed by atoms with Gasteiger partial charge in [-0.3, -0.25) is 0 Å². The Morgan fingerprint density at radius 2 is 1.44 bits per heavy atom. The van der Waals surface area contributed by atoms with Gasteiger partial charge < -0.3 is 25.5 Å². The maximum absolute atomic E-state index is 8.78. The number of carbonyl (C=O) groups is 1. The molecule has 0 saturated carbocycles. The Kier molecular flexibility index (Phi) is 5.99. The van der Waals surface area contributed by atoms with Gasteiger partial charge in [0.25, 0.3) is 0 Å². The highest BCUT2D eigenvalue weighted by Gasteiger charge is 1.92. The predicted octanol–water partition coefficient (Wildman–Crippen LogP) is -1.19. The second kappa shape index (κ2) is 4.66. The Labute approximate surface area is 55.8 Å². The maximum Gasteiger partial charge on any atom is 0.402 e. The van der Waals surface area contributed by atoms with E-state index in [1.54, 1.807) is 0 Å². The first-order valence-corrected chi connectivity index (χ1v) is 4.16. The van der Waals surface area contributed by atoms with Crippen molar-refractivity contribution in [2.45, 2.75) is 0 Å². The summed E-state index contributed by atoms with van der Waals surface area (Å²) >= 11 is 3.60. The molecule has 0 atom stereocenters. The molecule has 0 aromatic heterocycles. The van der Waals surface area contributed by atoms with Crippen molar-refractivity contribution in [3.05, 3.63) is 0 Å². The summed E-state index contributed by atoms with van der Waals surface area (Å²) < 4.78 is 0. The van der Waals surface area contributed by atoms with Gasteiger partial charge in [-0.15, -0.1) is 0 Å². The molecule has 0 bridgehead atoms. The highest BCUT2D eigenvalue weighted by Crippen LogP contribution is 2.26. The molecule has 6 N–H and O–H groups in total. The number of nitrogens with two attached hydrogens (primary N) is 1. The lowest BCUT2D eigenvalue weighted by Gasteiger charge is -1.88. The number of hydrogen-bond acceptors (Lipinski definition) is 2. The van der Waals surface area contributed by atoms with E-state index in [-0.39, 0.29) is 0 Å². The molecule has 0 aromatic rings. The summed E-state index contributed by atoms with van der Waals surface area (Å²) in [5, 5.41) is 7.19. The van der Waals surface area contributed by atoms with Crippen molar-refractivity contribution < 1.29 is 24.6 Å². The van der Waals surface area contributed by atoms with Gasteiger partial charge in [0, 0.05) is 0 Å². The van der Waals surface area contributed by atoms with Crippen molar-refractivity contribution in [3.8, 4) is 0 Å². The molecule has 0 spiro atoms. The van der Waals surface area contributed by atoms with E-state index in [4.69, 9.17) is 24.6 Å². The average molecular weight is 175 g/mol. The standard InChI is InChI=1S/CH3NO2.H3O3PS/c2-1(3)4;1-4(2,3)5/h2H2,(H,3,4);(H3,1,2,3,5). The van der Waals surface area contributed by atoms with E-state index in [2.05, 4.69) is 17.5 Å². The van der Waals surface area contributed by atoms with Gasteiger partial charge in [0.15, 0.2) is 0 Å². The fourth-order valence-electron chi connectivity index (χ4n) is 0. The summed E-state index contributed by atoms with van der Waals surface area (Å²) in [5.41, 5.74) is 4.03. The number of primary amides is 1. The minimum absolute atomic E-state index is 1.33. The Balaban J connectivity index is 0. The first-order chi connectivity index (χ1) is 3.73. The third kappa shape index (κ3) is 6560. The molecule has 0 rings (SSSR count). The molecule has 0 aliphatic rings. The van der Waals surface area contributed by atoms with E-state index in [0.717, 1.165) is 0 Å². The Morgan fingerprint density at radius 1 is 1.44 bits per heavy atom. The molecule has 0 saturated heterocycles. The van der Waals surface area contributed by atoms with E-state index >= 15 is 0 Å². The largest absolute Gasteiger partial charge is 0.465 e. The SMILES string of the molecule is NC(=O)O.OP(O)(O)=S. The van der Waals surface area contributed by atoms with Crippen LogP contribution in [0.25, 0.3) is 0 Å². The molecule has 0 unspecified atom stereocenters. The van der Waals surface area contributed by atoms with Gasteiger partial charge in [0.05, 0.1) is 0 Å². The van der Waals surface area contributed by atoms with Crippen LogP contribution in [0.1, 0.15) is 0 Å². The third-order valence-electron chi connectivity index (χ3n) is 0. The number of rotatable bonds is 0. The second-order valence-corrected chi connectivity index (χ2v) is 3.35. The molecule has 8 heteroatoms. The lowest BCUT2D eigenvalue weighted by atomic mass is 11.3. The number of amides is 1. The maximum atomic E-state index is 8.78. The lowest BCUT2D eigenvalue weighted by Crippen LogP contribution is -2.03. The van der Waals surface area contributed by atoms with Crippen LogP contribution in [0, 0.1) is 0 Å². The molecule has 56 valence electrons. The second-order valence-electron chi connectivity index (χ2n) is 0.852. The van der Waals surface area contributed by atoms with Crippen LogP contribution in [-0.2, 0) is 11.8 Å². The van der Waals surface area contributed by atoms with Crippen LogP contribution in [0.4, 0.5) is 4.79 Å². The fourth-order valence-corrected chi connectivity index (χ4v) is 0. The topological polar surface area (TPSA) is 124 Å². The monoisotopic (exact) mass is 175 g/mol. The normalized spacial score (nSPS) is 9.22. The van der Waals surface area contributed by atoms with E-state index in [1.807, 2.05) is 0 Å². The summed E-state index contributed by atoms with van der Waals surface area (Å²) in [6.45, 7) is -3.81. The lowest BCUT2D eigenvalue weighted by molar-refractivity contribution is 0.205. The zero-order valence-electron chi connectivity index (χ0n) is 4.13. The van der Waals surface area contributed by atoms with Crippen molar-refractivity contribution in [2.75, 3.05) is 0 Å². The highest BCUT2D eigenvalue weighted by molar-refractivity contribution is 8.06. The molecular weight excluding hydrogens is 169 g/mol. The molecule has 0 aliphatic heterocycles. The van der Waals surface area contributed by atoms with Gasteiger partial charge in [0.1, 0.15) is 0 Å². The van der Waals surface area contributed by atoms with Crippen LogP contribution in [0.15, 0.2) is 0 Å². The molecular formula is CH6NO5PS. The first-order valence-electron chi connectivity index (χ1n) is 1.50. The van der Waals surface area contributed by atoms with Crippen molar-refractivity contribution >= 4 is 24.6 Å². The predicted molar refractivity (Wildman–Crippen MR) is 33.2 cm³/mol. The minimum atomic E-state index is -3.81. The van der Waals surface area contributed by atoms with Crippen LogP contribution in [0.5, 0.6) is 0 Å². The summed E-state index contributed by atoms with van der Waals surface area (Å²) in [4.78, 5) is 31.5. The summed E-state index contributed by atoms with van der Waals surface area (Å²) in [6.07, 6.45) is -1.33. The molecule has 0 fully saturated rings. The van der Waals surface area contributed by atoms with Gasteiger partial charge >= 0.3 is 12.8 Å². The smallest absolute Gasteiger partial charge is 0.402 e. The number of hydrogen-bond donors (Lipinski definition) is 5. The highest BCUT2D eigenvalue weighted by atomic mass is 32.5. The quantitative estimate of drug-likeness (QED) is 0.295. The van der Waals surface area contributed by atoms with Crippen molar-refractivity contribution in [2.24, 2.45) is 5.73 Å². The van der Waals surface area contributed by atoms with Gasteiger partial charge in [-0.25, -0.2) is 4.79 Å². The van der Waals surface area contributed by atoms with Gasteiger partial charge in [-0.05, 0) is 11.8 Å². The summed E-state index contributed by atoms with van der Waals surface area (Å²) in [7, 11) is 0. The van der Waals surface area contributed by atoms with E-state index in [0.29, 0.717) is 0 Å². The fraction of sp³-hybridized carbons (Fsp3) is 0. The Hall–Kier alpha value is -0.200. The molecule has 0 radical (unpaired) electrons. The Morgan fingerprint density at radius 3 is 1.44 bits per heavy atom. The molecule has 0 aromatic carbocycles. The van der Waals surface area contributed by atoms with E-state index in [1.165, 1.54) is 0 Å². The summed E-state index contributed by atoms with van der Waals surface area (Å²) in [6, 6.07) is 0. The zero-order chi connectivity index (χ0) is 8.08. The van der Waals surface area contributed by atoms with Gasteiger partial charge in [-0.2, -0.15) is 0 Å². The molecule has 1 amide bonds. The van der Waals surface area contributed by atoms with E-state index in [9.17, 15) is 0 Å². The van der Waals surface area contributed by atoms with Crippen LogP contribution < -0.4 is 5.73 Å². The first kappa shape index (κ1) is 11.6. The van der Waals surface area contributed by atoms with Crippen molar-refractivity contribution in [1.82, 2.24) is 0 Å². The van der Waals surface area contributed by atoms with Crippen molar-refractivity contribution in [1.29, 1.82) is 0 Å². The van der Waals surface area contributed by atoms with Crippen LogP contribution in [0.2, 0.25) is 0 Å². The van der Waals surface area contributed by atoms with Crippen molar-refractivity contribution in [3.63, 3.8) is 0 Å². The van der Waals surface area contributed by atoms with Gasteiger partial charge in [0.2, 0.25) is 0 Å². The third-order valence-corrected chi connectivity index (χ3v) is 0. The molecule has 0 heterocycles. The van der Waals surface area contributed by atoms with Gasteiger partial charge in [-0.1, -0.05) is 0 Å². The molecule has 9 heavy (non-hydrogen) atoms. The van der Waals surface area contributed by atoms with Crippen LogP contribution in [-0.4, -0.2) is 25.9 Å². The van der Waals surface area contributed by atoms with E-state index < -0.39 is 12.8 Å². The summed E-state index contributed by atoms with van der Waals surface area (Å²) in [5.74, 6) is 0. The average Bonchev–Trinajstić information content (AvgIpc) is 1.19.